The Labute approximate surface area is 146 Å². The van der Waals surface area contributed by atoms with Gasteiger partial charge in [0, 0.05) is 16.8 Å². The van der Waals surface area contributed by atoms with Crippen LogP contribution in [0.25, 0.3) is 10.9 Å². The Morgan fingerprint density at radius 1 is 1.00 bits per heavy atom. The van der Waals surface area contributed by atoms with Crippen molar-refractivity contribution in [3.63, 3.8) is 0 Å². The zero-order valence-corrected chi connectivity index (χ0v) is 14.4. The fourth-order valence-corrected chi connectivity index (χ4v) is 2.83. The van der Waals surface area contributed by atoms with Gasteiger partial charge in [0.1, 0.15) is 6.54 Å². The molecule has 2 amide bonds. The van der Waals surface area contributed by atoms with Gasteiger partial charge in [0.15, 0.2) is 0 Å². The molecule has 0 fully saturated rings. The molecule has 3 rings (SSSR count). The molecule has 0 radical (unpaired) electrons. The highest BCUT2D eigenvalue weighted by Gasteiger charge is 2.11. The summed E-state index contributed by atoms with van der Waals surface area (Å²) >= 11 is 0. The molecule has 128 valence electrons. The summed E-state index contributed by atoms with van der Waals surface area (Å²) in [5.41, 5.74) is 8.62. The molecule has 3 aromatic rings. The number of hydrogen-bond acceptors (Lipinski definition) is 2. The number of para-hydroxylation sites is 1. The second kappa shape index (κ2) is 7.21. The van der Waals surface area contributed by atoms with E-state index in [0.29, 0.717) is 5.56 Å². The zero-order valence-electron chi connectivity index (χ0n) is 14.4. The second-order valence-electron chi connectivity index (χ2n) is 5.98. The molecule has 5 nitrogen and oxygen atoms in total. The molecule has 0 saturated carbocycles. The lowest BCUT2D eigenvalue weighted by molar-refractivity contribution is -0.122. The van der Waals surface area contributed by atoms with Crippen molar-refractivity contribution >= 4 is 22.7 Å². The third-order valence-corrected chi connectivity index (χ3v) is 4.26. The number of rotatable bonds is 4. The molecule has 0 spiro atoms. The molecule has 0 saturated heterocycles. The van der Waals surface area contributed by atoms with Gasteiger partial charge in [0.2, 0.25) is 0 Å². The van der Waals surface area contributed by atoms with Gasteiger partial charge in [0.05, 0.1) is 0 Å². The van der Waals surface area contributed by atoms with Crippen molar-refractivity contribution in [1.82, 2.24) is 15.4 Å². The van der Waals surface area contributed by atoms with Gasteiger partial charge < -0.3 is 4.57 Å². The van der Waals surface area contributed by atoms with Crippen molar-refractivity contribution in [3.8, 4) is 0 Å². The van der Waals surface area contributed by atoms with Crippen LogP contribution in [-0.2, 0) is 17.8 Å². The van der Waals surface area contributed by atoms with E-state index in [9.17, 15) is 9.59 Å². The largest absolute Gasteiger partial charge is 0.335 e. The van der Waals surface area contributed by atoms with E-state index in [4.69, 9.17) is 0 Å². The number of carbonyl (C=O) groups excluding carboxylic acids is 2. The van der Waals surface area contributed by atoms with Crippen molar-refractivity contribution in [3.05, 3.63) is 71.4 Å². The van der Waals surface area contributed by atoms with Crippen LogP contribution in [0, 0.1) is 6.92 Å². The zero-order chi connectivity index (χ0) is 17.8. The number of aryl methyl sites for hydroxylation is 2. The Morgan fingerprint density at radius 3 is 2.44 bits per heavy atom. The normalized spacial score (nSPS) is 10.6. The predicted molar refractivity (Wildman–Crippen MR) is 98.1 cm³/mol. The molecule has 5 heteroatoms. The topological polar surface area (TPSA) is 63.1 Å². The Balaban J connectivity index is 1.62. The lowest BCUT2D eigenvalue weighted by atomic mass is 10.1. The highest BCUT2D eigenvalue weighted by molar-refractivity contribution is 5.95. The van der Waals surface area contributed by atoms with E-state index in [1.165, 1.54) is 0 Å². The monoisotopic (exact) mass is 335 g/mol. The maximum atomic E-state index is 12.2. The molecule has 1 aromatic heterocycles. The van der Waals surface area contributed by atoms with E-state index < -0.39 is 0 Å². The Hall–Kier alpha value is -3.08. The van der Waals surface area contributed by atoms with Gasteiger partial charge in [-0.25, -0.2) is 0 Å². The maximum absolute atomic E-state index is 12.2. The van der Waals surface area contributed by atoms with Crippen LogP contribution >= 0.6 is 0 Å². The number of carbonyl (C=O) groups is 2. The number of benzene rings is 2. The van der Waals surface area contributed by atoms with Gasteiger partial charge in [-0.3, -0.25) is 20.4 Å². The van der Waals surface area contributed by atoms with E-state index in [1.54, 1.807) is 12.1 Å². The van der Waals surface area contributed by atoms with Gasteiger partial charge in [-0.05, 0) is 48.6 Å². The van der Waals surface area contributed by atoms with E-state index in [2.05, 4.69) is 17.8 Å². The molecule has 2 N–H and O–H groups in total. The number of aromatic nitrogens is 1. The van der Waals surface area contributed by atoms with Gasteiger partial charge in [0.25, 0.3) is 11.8 Å². The quantitative estimate of drug-likeness (QED) is 0.720. The highest BCUT2D eigenvalue weighted by atomic mass is 16.2. The van der Waals surface area contributed by atoms with Crippen LogP contribution < -0.4 is 10.9 Å². The minimum Gasteiger partial charge on any atom is -0.335 e. The number of fused-ring (bicyclic) bond motifs is 1. The molecule has 25 heavy (non-hydrogen) atoms. The molecular weight excluding hydrogens is 314 g/mol. The van der Waals surface area contributed by atoms with Crippen molar-refractivity contribution in [2.75, 3.05) is 0 Å². The first-order valence-corrected chi connectivity index (χ1v) is 8.31. The third-order valence-electron chi connectivity index (χ3n) is 4.26. The minimum atomic E-state index is -0.329. The Kier molecular flexibility index (Phi) is 4.84. The van der Waals surface area contributed by atoms with Crippen LogP contribution in [0.1, 0.15) is 28.5 Å². The number of nitrogens with one attached hydrogen (secondary N) is 2. The Bertz CT molecular complexity index is 910. The van der Waals surface area contributed by atoms with Crippen LogP contribution in [0.2, 0.25) is 0 Å². The van der Waals surface area contributed by atoms with Crippen LogP contribution in [0.4, 0.5) is 0 Å². The summed E-state index contributed by atoms with van der Waals surface area (Å²) < 4.78 is 1.92. The van der Waals surface area contributed by atoms with Crippen molar-refractivity contribution in [2.24, 2.45) is 0 Å². The summed E-state index contributed by atoms with van der Waals surface area (Å²) in [6.45, 7) is 4.16. The lowest BCUT2D eigenvalue weighted by Gasteiger charge is -2.10. The molecule has 0 aliphatic carbocycles. The molecular formula is C20H21N3O2. The number of amides is 2. The molecule has 0 aliphatic rings. The van der Waals surface area contributed by atoms with Crippen molar-refractivity contribution in [2.45, 2.75) is 26.8 Å². The van der Waals surface area contributed by atoms with Crippen LogP contribution in [0.15, 0.2) is 54.6 Å². The highest BCUT2D eigenvalue weighted by Crippen LogP contribution is 2.18. The number of nitrogens with zero attached hydrogens (tertiary/aromatic N) is 1. The van der Waals surface area contributed by atoms with Crippen molar-refractivity contribution < 1.29 is 9.59 Å². The average Bonchev–Trinajstić information content (AvgIpc) is 2.95. The summed E-state index contributed by atoms with van der Waals surface area (Å²) in [7, 11) is 0. The maximum Gasteiger partial charge on any atom is 0.269 e. The molecule has 0 bridgehead atoms. The lowest BCUT2D eigenvalue weighted by Crippen LogP contribution is -2.43. The summed E-state index contributed by atoms with van der Waals surface area (Å²) in [5.74, 6) is -0.604. The van der Waals surface area contributed by atoms with Gasteiger partial charge in [-0.1, -0.05) is 37.3 Å². The van der Waals surface area contributed by atoms with Gasteiger partial charge in [-0.15, -0.1) is 0 Å². The summed E-state index contributed by atoms with van der Waals surface area (Å²) in [6.07, 6.45) is 0.919. The molecule has 2 aromatic carbocycles. The molecule has 1 heterocycles. The van der Waals surface area contributed by atoms with Crippen LogP contribution in [-0.4, -0.2) is 16.4 Å². The van der Waals surface area contributed by atoms with Crippen LogP contribution in [0.3, 0.4) is 0 Å². The summed E-state index contributed by atoms with van der Waals surface area (Å²) in [6, 6.07) is 17.3. The number of hydrazine groups is 1. The van der Waals surface area contributed by atoms with Crippen molar-refractivity contribution in [1.29, 1.82) is 0 Å². The predicted octanol–water partition coefficient (Wildman–Crippen LogP) is 2.97. The third kappa shape index (κ3) is 3.71. The smallest absolute Gasteiger partial charge is 0.269 e. The van der Waals surface area contributed by atoms with E-state index in [0.717, 1.165) is 28.6 Å². The Morgan fingerprint density at radius 2 is 1.72 bits per heavy atom. The van der Waals surface area contributed by atoms with E-state index in [1.807, 2.05) is 54.0 Å². The standard InChI is InChI=1S/C20H21N3O2/c1-3-15-8-10-16(11-9-15)20(25)22-21-19(24)13-23-14(2)12-17-6-4-5-7-18(17)23/h4-12H,3,13H2,1-2H3,(H,21,24)(H,22,25). The average molecular weight is 335 g/mol. The first-order chi connectivity index (χ1) is 12.1. The SMILES string of the molecule is CCc1ccc(C(=O)NNC(=O)Cn2c(C)cc3ccccc32)cc1. The minimum absolute atomic E-state index is 0.147. The summed E-state index contributed by atoms with van der Waals surface area (Å²) in [5, 5.41) is 1.09. The van der Waals surface area contributed by atoms with E-state index in [-0.39, 0.29) is 18.4 Å². The molecule has 0 atom stereocenters. The van der Waals surface area contributed by atoms with E-state index >= 15 is 0 Å². The molecule has 0 aliphatic heterocycles. The van der Waals surface area contributed by atoms with Gasteiger partial charge >= 0.3 is 0 Å². The first kappa shape index (κ1) is 16.8. The van der Waals surface area contributed by atoms with Gasteiger partial charge in [-0.2, -0.15) is 0 Å². The first-order valence-electron chi connectivity index (χ1n) is 8.31. The van der Waals surface area contributed by atoms with Crippen LogP contribution in [0.5, 0.6) is 0 Å². The fraction of sp³-hybridized carbons (Fsp3) is 0.200. The summed E-state index contributed by atoms with van der Waals surface area (Å²) in [4.78, 5) is 24.3. The second-order valence-corrected chi connectivity index (χ2v) is 5.98. The molecule has 0 unspecified atom stereocenters. The fourth-order valence-electron chi connectivity index (χ4n) is 2.83. The number of hydrogen-bond donors (Lipinski definition) is 2.